The molecule has 1 N–H and O–H groups in total. The molecule has 1 aromatic rings. The van der Waals surface area contributed by atoms with Gasteiger partial charge in [0.25, 0.3) is 5.91 Å². The first-order valence-corrected chi connectivity index (χ1v) is 6.75. The van der Waals surface area contributed by atoms with Gasteiger partial charge in [-0.15, -0.1) is 11.3 Å². The molecule has 1 heterocycles. The normalized spacial score (nSPS) is 14.9. The molecule has 0 atom stereocenters. The van der Waals surface area contributed by atoms with Crippen molar-refractivity contribution in [2.45, 2.75) is 25.8 Å². The Bertz CT molecular complexity index is 488. The Morgan fingerprint density at radius 2 is 2.22 bits per heavy atom. The minimum Gasteiger partial charge on any atom is -0.478 e. The molecule has 1 aliphatic rings. The molecule has 5 heteroatoms. The highest BCUT2D eigenvalue weighted by Gasteiger charge is 2.32. The summed E-state index contributed by atoms with van der Waals surface area (Å²) in [4.78, 5) is 26.0. The van der Waals surface area contributed by atoms with Crippen LogP contribution in [-0.4, -0.2) is 34.5 Å². The maximum atomic E-state index is 12.2. The third-order valence-electron chi connectivity index (χ3n) is 2.82. The summed E-state index contributed by atoms with van der Waals surface area (Å²) in [6, 6.07) is 3.94. The van der Waals surface area contributed by atoms with Gasteiger partial charge in [0.05, 0.1) is 4.88 Å². The summed E-state index contributed by atoms with van der Waals surface area (Å²) in [5.74, 6) is -0.926. The van der Waals surface area contributed by atoms with Gasteiger partial charge in [-0.3, -0.25) is 4.79 Å². The summed E-state index contributed by atoms with van der Waals surface area (Å²) in [5, 5.41) is 8.54. The van der Waals surface area contributed by atoms with Gasteiger partial charge < -0.3 is 10.0 Å². The molecule has 2 rings (SSSR count). The highest BCUT2D eigenvalue weighted by atomic mass is 32.1. The minimum absolute atomic E-state index is 0.0555. The molecule has 1 fully saturated rings. The number of nitrogens with zero attached hydrogens (tertiary/aromatic N) is 1. The number of aliphatic carboxylic acids is 1. The van der Waals surface area contributed by atoms with E-state index in [2.05, 4.69) is 0 Å². The van der Waals surface area contributed by atoms with E-state index in [1.54, 1.807) is 12.1 Å². The predicted octanol–water partition coefficient (Wildman–Crippen LogP) is 2.47. The zero-order valence-corrected chi connectivity index (χ0v) is 10.9. The van der Waals surface area contributed by atoms with Gasteiger partial charge in [-0.1, -0.05) is 0 Å². The molecule has 96 valence electrons. The SMILES string of the molecule is CCN(C(=O)c1ccc(/C=C/C(=O)O)s1)C1CC1. The summed E-state index contributed by atoms with van der Waals surface area (Å²) >= 11 is 1.33. The van der Waals surface area contributed by atoms with Crippen molar-refractivity contribution in [2.24, 2.45) is 0 Å². The molecular formula is C13H15NO3S. The molecule has 0 spiro atoms. The monoisotopic (exact) mass is 265 g/mol. The lowest BCUT2D eigenvalue weighted by atomic mass is 10.3. The number of rotatable bonds is 5. The number of carbonyl (C=O) groups excluding carboxylic acids is 1. The fourth-order valence-corrected chi connectivity index (χ4v) is 2.67. The number of carboxylic acids is 1. The maximum absolute atomic E-state index is 12.2. The number of thiophene rings is 1. The summed E-state index contributed by atoms with van der Waals surface area (Å²) in [5.41, 5.74) is 0. The Balaban J connectivity index is 2.09. The van der Waals surface area contributed by atoms with Crippen LogP contribution < -0.4 is 0 Å². The lowest BCUT2D eigenvalue weighted by Crippen LogP contribution is -2.32. The molecule has 0 aromatic carbocycles. The lowest BCUT2D eigenvalue weighted by molar-refractivity contribution is -0.131. The Labute approximate surface area is 110 Å². The van der Waals surface area contributed by atoms with Crippen LogP contribution >= 0.6 is 11.3 Å². The zero-order chi connectivity index (χ0) is 13.1. The van der Waals surface area contributed by atoms with Gasteiger partial charge in [-0.25, -0.2) is 4.79 Å². The van der Waals surface area contributed by atoms with Gasteiger partial charge in [-0.2, -0.15) is 0 Å². The summed E-state index contributed by atoms with van der Waals surface area (Å²) in [6.07, 6.45) is 4.78. The van der Waals surface area contributed by atoms with Gasteiger partial charge in [-0.05, 0) is 38.0 Å². The molecule has 18 heavy (non-hydrogen) atoms. The van der Waals surface area contributed by atoms with E-state index in [9.17, 15) is 9.59 Å². The Morgan fingerprint density at radius 3 is 2.78 bits per heavy atom. The van der Waals surface area contributed by atoms with E-state index in [1.165, 1.54) is 17.4 Å². The van der Waals surface area contributed by atoms with Crippen LogP contribution in [0.3, 0.4) is 0 Å². The van der Waals surface area contributed by atoms with Gasteiger partial charge in [0.1, 0.15) is 0 Å². The van der Waals surface area contributed by atoms with Crippen molar-refractivity contribution in [1.82, 2.24) is 4.90 Å². The van der Waals surface area contributed by atoms with Crippen LogP contribution in [0.15, 0.2) is 18.2 Å². The Kier molecular flexibility index (Phi) is 3.81. The molecule has 4 nitrogen and oxygen atoms in total. The lowest BCUT2D eigenvalue weighted by Gasteiger charge is -2.19. The van der Waals surface area contributed by atoms with Crippen molar-refractivity contribution in [3.8, 4) is 0 Å². The van der Waals surface area contributed by atoms with Crippen molar-refractivity contribution in [1.29, 1.82) is 0 Å². The Hall–Kier alpha value is -1.62. The highest BCUT2D eigenvalue weighted by Crippen LogP contribution is 2.29. The third kappa shape index (κ3) is 2.98. The van der Waals surface area contributed by atoms with Gasteiger partial charge in [0.15, 0.2) is 0 Å². The van der Waals surface area contributed by atoms with E-state index < -0.39 is 5.97 Å². The average molecular weight is 265 g/mol. The number of carboxylic acid groups (broad SMARTS) is 1. The predicted molar refractivity (Wildman–Crippen MR) is 70.7 cm³/mol. The van der Waals surface area contributed by atoms with Crippen molar-refractivity contribution < 1.29 is 14.7 Å². The van der Waals surface area contributed by atoms with Gasteiger partial charge >= 0.3 is 5.97 Å². The molecule has 1 aromatic heterocycles. The summed E-state index contributed by atoms with van der Waals surface area (Å²) in [7, 11) is 0. The highest BCUT2D eigenvalue weighted by molar-refractivity contribution is 7.14. The molecule has 0 unspecified atom stereocenters. The second-order valence-electron chi connectivity index (χ2n) is 4.20. The number of hydrogen-bond donors (Lipinski definition) is 1. The van der Waals surface area contributed by atoms with Crippen LogP contribution in [0.1, 0.15) is 34.3 Å². The zero-order valence-electron chi connectivity index (χ0n) is 10.1. The van der Waals surface area contributed by atoms with Crippen molar-refractivity contribution in [2.75, 3.05) is 6.54 Å². The quantitative estimate of drug-likeness (QED) is 0.832. The molecular weight excluding hydrogens is 250 g/mol. The third-order valence-corrected chi connectivity index (χ3v) is 3.86. The first kappa shape index (κ1) is 12.8. The second-order valence-corrected chi connectivity index (χ2v) is 5.31. The van der Waals surface area contributed by atoms with Crippen LogP contribution in [0.25, 0.3) is 6.08 Å². The van der Waals surface area contributed by atoms with Crippen LogP contribution in [0, 0.1) is 0 Å². The minimum atomic E-state index is -0.982. The molecule has 0 aliphatic heterocycles. The van der Waals surface area contributed by atoms with E-state index >= 15 is 0 Å². The second kappa shape index (κ2) is 5.35. The standard InChI is InChI=1S/C13H15NO3S/c1-2-14(9-3-4-9)13(17)11-7-5-10(18-11)6-8-12(15)16/h5-9H,2-4H2,1H3,(H,15,16)/b8-6+. The topological polar surface area (TPSA) is 57.6 Å². The van der Waals surface area contributed by atoms with E-state index in [0.717, 1.165) is 30.3 Å². The van der Waals surface area contributed by atoms with E-state index in [0.29, 0.717) is 10.9 Å². The van der Waals surface area contributed by atoms with Crippen molar-refractivity contribution in [3.63, 3.8) is 0 Å². The first-order valence-electron chi connectivity index (χ1n) is 5.93. The van der Waals surface area contributed by atoms with Crippen LogP contribution in [0.4, 0.5) is 0 Å². The van der Waals surface area contributed by atoms with E-state index in [1.807, 2.05) is 11.8 Å². The summed E-state index contributed by atoms with van der Waals surface area (Å²) in [6.45, 7) is 2.71. The van der Waals surface area contributed by atoms with Crippen molar-refractivity contribution in [3.05, 3.63) is 28.0 Å². The van der Waals surface area contributed by atoms with Gasteiger partial charge in [0, 0.05) is 23.5 Å². The molecule has 0 bridgehead atoms. The van der Waals surface area contributed by atoms with Crippen LogP contribution in [-0.2, 0) is 4.79 Å². The Morgan fingerprint density at radius 1 is 1.50 bits per heavy atom. The van der Waals surface area contributed by atoms with E-state index in [-0.39, 0.29) is 5.91 Å². The average Bonchev–Trinajstić information content (AvgIpc) is 3.05. The fourth-order valence-electron chi connectivity index (χ4n) is 1.81. The fraction of sp³-hybridized carbons (Fsp3) is 0.385. The smallest absolute Gasteiger partial charge is 0.328 e. The molecule has 1 amide bonds. The number of carbonyl (C=O) groups is 2. The van der Waals surface area contributed by atoms with Gasteiger partial charge in [0.2, 0.25) is 0 Å². The molecule has 1 saturated carbocycles. The summed E-state index contributed by atoms with van der Waals surface area (Å²) < 4.78 is 0. The molecule has 0 saturated heterocycles. The van der Waals surface area contributed by atoms with Crippen molar-refractivity contribution >= 4 is 29.3 Å². The molecule has 0 radical (unpaired) electrons. The first-order chi connectivity index (χ1) is 8.61. The number of hydrogen-bond acceptors (Lipinski definition) is 3. The van der Waals surface area contributed by atoms with Crippen LogP contribution in [0.2, 0.25) is 0 Å². The van der Waals surface area contributed by atoms with Crippen LogP contribution in [0.5, 0.6) is 0 Å². The maximum Gasteiger partial charge on any atom is 0.328 e. The largest absolute Gasteiger partial charge is 0.478 e. The van der Waals surface area contributed by atoms with E-state index in [4.69, 9.17) is 5.11 Å². The molecule has 1 aliphatic carbocycles. The number of amides is 1.